The summed E-state index contributed by atoms with van der Waals surface area (Å²) in [5.74, 6) is -2.06. The minimum atomic E-state index is -1.48. The minimum Gasteiger partial charge on any atom is -0.394 e. The Labute approximate surface area is 236 Å². The van der Waals surface area contributed by atoms with E-state index in [1.165, 1.54) is 11.1 Å². The number of thioether (sulfide) groups is 1. The molecule has 1 amide bonds. The van der Waals surface area contributed by atoms with Gasteiger partial charge in [-0.3, -0.25) is 4.79 Å². The minimum absolute atomic E-state index is 0.0742. The number of benzene rings is 1. The highest BCUT2D eigenvalue weighted by molar-refractivity contribution is 9.10. The summed E-state index contributed by atoms with van der Waals surface area (Å²) >= 11 is 3.72. The fraction of sp³-hybridized carbons (Fsp3) is 0.625. The topological polar surface area (TPSA) is 150 Å². The summed E-state index contributed by atoms with van der Waals surface area (Å²) in [6, 6.07) is 0.911. The molecule has 4 N–H and O–H groups in total. The number of aromatic nitrogens is 3. The van der Waals surface area contributed by atoms with Crippen molar-refractivity contribution in [1.29, 1.82) is 0 Å². The molecule has 0 radical (unpaired) electrons. The first-order chi connectivity index (χ1) is 18.5. The van der Waals surface area contributed by atoms with Crippen LogP contribution in [0.25, 0.3) is 11.3 Å². The van der Waals surface area contributed by atoms with E-state index in [1.807, 2.05) is 0 Å². The molecule has 2 aliphatic rings. The Balaban J connectivity index is 1.65. The Morgan fingerprint density at radius 2 is 1.92 bits per heavy atom. The Morgan fingerprint density at radius 3 is 2.51 bits per heavy atom. The number of halogens is 3. The molecule has 2 fully saturated rings. The monoisotopic (exact) mass is 636 g/mol. The van der Waals surface area contributed by atoms with Crippen molar-refractivity contribution in [3.63, 3.8) is 0 Å². The van der Waals surface area contributed by atoms with E-state index in [-0.39, 0.29) is 47.7 Å². The molecule has 3 heterocycles. The zero-order chi connectivity index (χ0) is 28.5. The van der Waals surface area contributed by atoms with E-state index in [0.717, 1.165) is 28.6 Å². The first kappa shape index (κ1) is 30.2. The Morgan fingerprint density at radius 1 is 1.28 bits per heavy atom. The summed E-state index contributed by atoms with van der Waals surface area (Å²) in [7, 11) is 1.60. The SMILES string of the molecule is CCN(C)C(=O)C(S[C@@H]1O[C@H](CO)[C@H](O)[C@H](n2cc(-c3cc(F)c(Br)c(F)c3)nn2)[C@H]1O)C1(O)CCOCC1. The second kappa shape index (κ2) is 12.4. The molecule has 0 bridgehead atoms. The van der Waals surface area contributed by atoms with E-state index in [1.54, 1.807) is 14.0 Å². The number of aliphatic hydroxyl groups is 4. The molecule has 11 nitrogen and oxygen atoms in total. The molecule has 2 saturated heterocycles. The maximum absolute atomic E-state index is 14.1. The molecule has 39 heavy (non-hydrogen) atoms. The van der Waals surface area contributed by atoms with E-state index in [0.29, 0.717) is 6.54 Å². The number of hydrogen-bond donors (Lipinski definition) is 4. The average molecular weight is 638 g/mol. The molecule has 6 atom stereocenters. The van der Waals surface area contributed by atoms with Crippen molar-refractivity contribution in [2.75, 3.05) is 33.4 Å². The van der Waals surface area contributed by atoms with Crippen LogP contribution in [-0.2, 0) is 14.3 Å². The van der Waals surface area contributed by atoms with Gasteiger partial charge in [0, 0.05) is 45.2 Å². The highest BCUT2D eigenvalue weighted by Gasteiger charge is 2.51. The summed E-state index contributed by atoms with van der Waals surface area (Å²) in [5.41, 5.74) is -2.46. The van der Waals surface area contributed by atoms with Gasteiger partial charge >= 0.3 is 0 Å². The number of ether oxygens (including phenoxy) is 2. The smallest absolute Gasteiger partial charge is 0.238 e. The van der Waals surface area contributed by atoms with Gasteiger partial charge in [-0.15, -0.1) is 16.9 Å². The lowest BCUT2D eigenvalue weighted by Crippen LogP contribution is -2.58. The molecule has 1 unspecified atom stereocenters. The lowest BCUT2D eigenvalue weighted by Gasteiger charge is -2.45. The van der Waals surface area contributed by atoms with Gasteiger partial charge in [0.25, 0.3) is 0 Å². The molecular formula is C24H31BrF2N4O7S. The van der Waals surface area contributed by atoms with Gasteiger partial charge < -0.3 is 34.8 Å². The molecule has 0 aliphatic carbocycles. The van der Waals surface area contributed by atoms with Crippen molar-refractivity contribution in [2.45, 2.75) is 60.4 Å². The summed E-state index contributed by atoms with van der Waals surface area (Å²) in [6.07, 6.45) is -2.41. The Hall–Kier alpha value is -1.72. The lowest BCUT2D eigenvalue weighted by atomic mass is 9.89. The van der Waals surface area contributed by atoms with Crippen LogP contribution in [0.4, 0.5) is 8.78 Å². The number of carbonyl (C=O) groups excluding carboxylic acids is 1. The zero-order valence-electron chi connectivity index (χ0n) is 21.3. The highest BCUT2D eigenvalue weighted by Crippen LogP contribution is 2.42. The van der Waals surface area contributed by atoms with E-state index in [2.05, 4.69) is 26.2 Å². The third-order valence-corrected chi connectivity index (χ3v) is 9.46. The number of hydrogen-bond acceptors (Lipinski definition) is 10. The normalized spacial score (nSPS) is 27.8. The third-order valence-electron chi connectivity index (χ3n) is 7.14. The van der Waals surface area contributed by atoms with Crippen LogP contribution in [0.1, 0.15) is 25.8 Å². The lowest BCUT2D eigenvalue weighted by molar-refractivity contribution is -0.179. The first-order valence-electron chi connectivity index (χ1n) is 12.4. The molecule has 216 valence electrons. The quantitative estimate of drug-likeness (QED) is 0.310. The number of rotatable bonds is 8. The molecule has 0 spiro atoms. The van der Waals surface area contributed by atoms with Crippen LogP contribution in [0.15, 0.2) is 22.8 Å². The molecule has 15 heteroatoms. The van der Waals surface area contributed by atoms with Gasteiger partial charge in [0.05, 0.1) is 22.9 Å². The molecule has 1 aromatic heterocycles. The van der Waals surface area contributed by atoms with Crippen molar-refractivity contribution < 1.29 is 43.5 Å². The molecular weight excluding hydrogens is 606 g/mol. The number of nitrogens with zero attached hydrogens (tertiary/aromatic N) is 4. The third kappa shape index (κ3) is 6.15. The molecule has 2 aliphatic heterocycles. The van der Waals surface area contributed by atoms with Gasteiger partial charge in [0.1, 0.15) is 52.4 Å². The fourth-order valence-corrected chi connectivity index (χ4v) is 6.45. The first-order valence-corrected chi connectivity index (χ1v) is 14.1. The molecule has 4 rings (SSSR count). The van der Waals surface area contributed by atoms with Gasteiger partial charge in [-0.05, 0) is 35.0 Å². The summed E-state index contributed by atoms with van der Waals surface area (Å²) in [6.45, 7) is 2.07. The highest BCUT2D eigenvalue weighted by atomic mass is 79.9. The Bertz CT molecular complexity index is 1150. The van der Waals surface area contributed by atoms with Gasteiger partial charge in [0.2, 0.25) is 5.91 Å². The van der Waals surface area contributed by atoms with Crippen molar-refractivity contribution >= 4 is 33.6 Å². The van der Waals surface area contributed by atoms with E-state index < -0.39 is 58.9 Å². The standard InChI is InChI=1S/C24H31BrF2N4O7S/c1-3-30(2)22(35)21(24(36)4-6-37-7-5-24)39-23-20(34)18(19(33)16(11-32)38-23)31-10-15(28-29-31)12-8-13(26)17(25)14(27)9-12/h8-10,16,18-21,23,32-34,36H,3-7,11H2,1-2H3/t16-,18+,19+,20-,21?,23+/m1/s1. The van der Waals surface area contributed by atoms with Crippen LogP contribution in [0, 0.1) is 11.6 Å². The van der Waals surface area contributed by atoms with Crippen LogP contribution >= 0.6 is 27.7 Å². The van der Waals surface area contributed by atoms with Crippen LogP contribution in [0.5, 0.6) is 0 Å². The van der Waals surface area contributed by atoms with Gasteiger partial charge in [0.15, 0.2) is 0 Å². The number of aliphatic hydroxyl groups excluding tert-OH is 3. The van der Waals surface area contributed by atoms with Crippen molar-refractivity contribution in [3.05, 3.63) is 34.4 Å². The van der Waals surface area contributed by atoms with E-state index in [4.69, 9.17) is 9.47 Å². The largest absolute Gasteiger partial charge is 0.394 e. The maximum atomic E-state index is 14.1. The number of carbonyl (C=O) groups is 1. The van der Waals surface area contributed by atoms with Crippen LogP contribution in [0.3, 0.4) is 0 Å². The Kier molecular flexibility index (Phi) is 9.64. The van der Waals surface area contributed by atoms with E-state index >= 15 is 0 Å². The van der Waals surface area contributed by atoms with Gasteiger partial charge in [-0.25, -0.2) is 13.5 Å². The average Bonchev–Trinajstić information content (AvgIpc) is 3.40. The summed E-state index contributed by atoms with van der Waals surface area (Å²) in [5, 5.41) is 50.5. The second-order valence-electron chi connectivity index (χ2n) is 9.62. The van der Waals surface area contributed by atoms with Crippen LogP contribution in [-0.4, -0.2) is 114 Å². The summed E-state index contributed by atoms with van der Waals surface area (Å²) in [4.78, 5) is 14.8. The predicted molar refractivity (Wildman–Crippen MR) is 140 cm³/mol. The maximum Gasteiger partial charge on any atom is 0.238 e. The van der Waals surface area contributed by atoms with Gasteiger partial charge in [-0.2, -0.15) is 0 Å². The van der Waals surface area contributed by atoms with Crippen molar-refractivity contribution in [1.82, 2.24) is 19.9 Å². The van der Waals surface area contributed by atoms with E-state index in [9.17, 15) is 34.0 Å². The summed E-state index contributed by atoms with van der Waals surface area (Å²) < 4.78 is 40.2. The molecule has 0 saturated carbocycles. The second-order valence-corrected chi connectivity index (χ2v) is 11.6. The fourth-order valence-electron chi connectivity index (χ4n) is 4.64. The van der Waals surface area contributed by atoms with Crippen molar-refractivity contribution in [3.8, 4) is 11.3 Å². The van der Waals surface area contributed by atoms with Crippen LogP contribution < -0.4 is 0 Å². The predicted octanol–water partition coefficient (Wildman–Crippen LogP) is 1.09. The molecule has 2 aromatic rings. The van der Waals surface area contributed by atoms with Gasteiger partial charge in [-0.1, -0.05) is 5.21 Å². The van der Waals surface area contributed by atoms with Crippen LogP contribution in [0.2, 0.25) is 0 Å². The number of amides is 1. The van der Waals surface area contributed by atoms with Crippen molar-refractivity contribution in [2.24, 2.45) is 0 Å². The zero-order valence-corrected chi connectivity index (χ0v) is 23.7. The molecule has 1 aromatic carbocycles.